The first-order chi connectivity index (χ1) is 13.7. The van der Waals surface area contributed by atoms with Gasteiger partial charge in [-0.15, -0.1) is 0 Å². The Bertz CT molecular complexity index is 907. The quantitative estimate of drug-likeness (QED) is 0.657. The van der Waals surface area contributed by atoms with E-state index in [1.54, 1.807) is 7.11 Å². The third-order valence-corrected chi connectivity index (χ3v) is 5.09. The van der Waals surface area contributed by atoms with Crippen LogP contribution in [-0.2, 0) is 17.8 Å². The summed E-state index contributed by atoms with van der Waals surface area (Å²) in [6.07, 6.45) is 5.98. The molecule has 0 radical (unpaired) electrons. The van der Waals surface area contributed by atoms with E-state index in [9.17, 15) is 0 Å². The SMILES string of the molecule is CCn1cc(CN2CCO[C@@H](c3ccc(-c4cccc(OC)c4)cn3)C2)cn1. The highest BCUT2D eigenvalue weighted by molar-refractivity contribution is 5.64. The van der Waals surface area contributed by atoms with Crippen LogP contribution in [0.25, 0.3) is 11.1 Å². The summed E-state index contributed by atoms with van der Waals surface area (Å²) >= 11 is 0. The molecule has 1 aromatic carbocycles. The number of benzene rings is 1. The Kier molecular flexibility index (Phi) is 5.69. The van der Waals surface area contributed by atoms with E-state index in [1.165, 1.54) is 5.56 Å². The third kappa shape index (κ3) is 4.24. The third-order valence-electron chi connectivity index (χ3n) is 5.09. The average molecular weight is 378 g/mol. The zero-order chi connectivity index (χ0) is 19.3. The molecule has 0 bridgehead atoms. The average Bonchev–Trinajstić information content (AvgIpc) is 3.21. The van der Waals surface area contributed by atoms with Gasteiger partial charge in [0.2, 0.25) is 0 Å². The van der Waals surface area contributed by atoms with Crippen LogP contribution >= 0.6 is 0 Å². The summed E-state index contributed by atoms with van der Waals surface area (Å²) in [5.41, 5.74) is 4.38. The second-order valence-corrected chi connectivity index (χ2v) is 7.00. The molecule has 0 aliphatic carbocycles. The fraction of sp³-hybridized carbons (Fsp3) is 0.364. The highest BCUT2D eigenvalue weighted by atomic mass is 16.5. The topological polar surface area (TPSA) is 52.4 Å². The van der Waals surface area contributed by atoms with Gasteiger partial charge in [-0.3, -0.25) is 14.6 Å². The molecule has 6 heteroatoms. The zero-order valence-electron chi connectivity index (χ0n) is 16.4. The van der Waals surface area contributed by atoms with Crippen molar-refractivity contribution in [2.75, 3.05) is 26.8 Å². The van der Waals surface area contributed by atoms with Crippen LogP contribution in [-0.4, -0.2) is 46.5 Å². The van der Waals surface area contributed by atoms with Crippen LogP contribution < -0.4 is 4.74 Å². The number of methoxy groups -OCH3 is 1. The van der Waals surface area contributed by atoms with Crippen molar-refractivity contribution in [3.05, 3.63) is 66.2 Å². The normalized spacial score (nSPS) is 17.6. The van der Waals surface area contributed by atoms with E-state index in [0.29, 0.717) is 6.61 Å². The van der Waals surface area contributed by atoms with E-state index in [2.05, 4.69) is 46.3 Å². The van der Waals surface area contributed by atoms with E-state index in [-0.39, 0.29) is 6.10 Å². The highest BCUT2D eigenvalue weighted by Crippen LogP contribution is 2.26. The van der Waals surface area contributed by atoms with Crippen LogP contribution in [0.1, 0.15) is 24.3 Å². The van der Waals surface area contributed by atoms with E-state index in [0.717, 1.165) is 48.7 Å². The lowest BCUT2D eigenvalue weighted by Crippen LogP contribution is -2.38. The first-order valence-electron chi connectivity index (χ1n) is 9.71. The van der Waals surface area contributed by atoms with Crippen molar-refractivity contribution in [3.63, 3.8) is 0 Å². The predicted molar refractivity (Wildman–Crippen MR) is 108 cm³/mol. The van der Waals surface area contributed by atoms with Crippen LogP contribution in [0.5, 0.6) is 5.75 Å². The van der Waals surface area contributed by atoms with Crippen molar-refractivity contribution in [2.45, 2.75) is 26.1 Å². The van der Waals surface area contributed by atoms with Crippen molar-refractivity contribution in [1.82, 2.24) is 19.7 Å². The van der Waals surface area contributed by atoms with Gasteiger partial charge >= 0.3 is 0 Å². The molecule has 6 nitrogen and oxygen atoms in total. The molecule has 1 fully saturated rings. The second-order valence-electron chi connectivity index (χ2n) is 7.00. The maximum absolute atomic E-state index is 6.00. The summed E-state index contributed by atoms with van der Waals surface area (Å²) in [7, 11) is 1.68. The van der Waals surface area contributed by atoms with E-state index in [4.69, 9.17) is 9.47 Å². The van der Waals surface area contributed by atoms with Gasteiger partial charge in [0.25, 0.3) is 0 Å². The Balaban J connectivity index is 1.43. The van der Waals surface area contributed by atoms with Crippen molar-refractivity contribution in [3.8, 4) is 16.9 Å². The molecule has 1 saturated heterocycles. The minimum Gasteiger partial charge on any atom is -0.497 e. The minimum absolute atomic E-state index is 0.00525. The van der Waals surface area contributed by atoms with Gasteiger partial charge in [0, 0.05) is 49.7 Å². The summed E-state index contributed by atoms with van der Waals surface area (Å²) in [6.45, 7) is 6.36. The molecule has 0 saturated carbocycles. The summed E-state index contributed by atoms with van der Waals surface area (Å²) < 4.78 is 13.3. The summed E-state index contributed by atoms with van der Waals surface area (Å²) in [6, 6.07) is 12.2. The lowest BCUT2D eigenvalue weighted by molar-refractivity contribution is -0.0349. The largest absolute Gasteiger partial charge is 0.497 e. The summed E-state index contributed by atoms with van der Waals surface area (Å²) in [4.78, 5) is 7.09. The maximum Gasteiger partial charge on any atom is 0.119 e. The molecular weight excluding hydrogens is 352 g/mol. The van der Waals surface area contributed by atoms with Gasteiger partial charge in [-0.25, -0.2) is 0 Å². The van der Waals surface area contributed by atoms with E-state index < -0.39 is 0 Å². The molecule has 146 valence electrons. The van der Waals surface area contributed by atoms with Crippen LogP contribution in [0.15, 0.2) is 55.0 Å². The Hall–Kier alpha value is -2.70. The molecule has 1 atom stereocenters. The molecule has 1 aliphatic heterocycles. The number of nitrogens with zero attached hydrogens (tertiary/aromatic N) is 4. The van der Waals surface area contributed by atoms with Gasteiger partial charge in [-0.1, -0.05) is 18.2 Å². The van der Waals surface area contributed by atoms with Gasteiger partial charge in [-0.2, -0.15) is 5.10 Å². The van der Waals surface area contributed by atoms with Gasteiger partial charge in [-0.05, 0) is 30.7 Å². The molecule has 28 heavy (non-hydrogen) atoms. The number of pyridine rings is 1. The molecule has 0 amide bonds. The van der Waals surface area contributed by atoms with Crippen LogP contribution in [0, 0.1) is 0 Å². The molecule has 3 aromatic rings. The predicted octanol–water partition coefficient (Wildman–Crippen LogP) is 3.55. The Labute approximate surface area is 165 Å². The lowest BCUT2D eigenvalue weighted by atomic mass is 10.1. The fourth-order valence-corrected chi connectivity index (χ4v) is 3.51. The molecule has 1 aliphatic rings. The number of aromatic nitrogens is 3. The van der Waals surface area contributed by atoms with Gasteiger partial charge in [0.15, 0.2) is 0 Å². The number of aryl methyl sites for hydroxylation is 1. The van der Waals surface area contributed by atoms with Gasteiger partial charge < -0.3 is 9.47 Å². The van der Waals surface area contributed by atoms with E-state index >= 15 is 0 Å². The number of ether oxygens (including phenoxy) is 2. The number of hydrogen-bond acceptors (Lipinski definition) is 5. The van der Waals surface area contributed by atoms with Gasteiger partial charge in [0.05, 0.1) is 25.6 Å². The number of hydrogen-bond donors (Lipinski definition) is 0. The van der Waals surface area contributed by atoms with Crippen LogP contribution in [0.4, 0.5) is 0 Å². The van der Waals surface area contributed by atoms with Gasteiger partial charge in [0.1, 0.15) is 11.9 Å². The zero-order valence-corrected chi connectivity index (χ0v) is 16.4. The molecular formula is C22H26N4O2. The van der Waals surface area contributed by atoms with E-state index in [1.807, 2.05) is 35.3 Å². The van der Waals surface area contributed by atoms with Crippen molar-refractivity contribution in [1.29, 1.82) is 0 Å². The maximum atomic E-state index is 6.00. The summed E-state index contributed by atoms with van der Waals surface area (Å²) in [5.74, 6) is 0.847. The summed E-state index contributed by atoms with van der Waals surface area (Å²) in [5, 5.41) is 4.37. The first kappa shape index (κ1) is 18.7. The van der Waals surface area contributed by atoms with Crippen molar-refractivity contribution < 1.29 is 9.47 Å². The first-order valence-corrected chi connectivity index (χ1v) is 9.71. The minimum atomic E-state index is -0.00525. The van der Waals surface area contributed by atoms with Crippen molar-refractivity contribution >= 4 is 0 Å². The monoisotopic (exact) mass is 378 g/mol. The van der Waals surface area contributed by atoms with Crippen molar-refractivity contribution in [2.24, 2.45) is 0 Å². The lowest BCUT2D eigenvalue weighted by Gasteiger charge is -2.32. The number of rotatable bonds is 6. The van der Waals surface area contributed by atoms with Crippen LogP contribution in [0.3, 0.4) is 0 Å². The molecule has 0 spiro atoms. The second kappa shape index (κ2) is 8.54. The molecule has 0 N–H and O–H groups in total. The molecule has 3 heterocycles. The Morgan fingerprint density at radius 3 is 2.86 bits per heavy atom. The fourth-order valence-electron chi connectivity index (χ4n) is 3.51. The Morgan fingerprint density at radius 1 is 1.18 bits per heavy atom. The molecule has 2 aromatic heterocycles. The molecule has 4 rings (SSSR count). The standard InChI is InChI=1S/C22H26N4O2/c1-3-26-15-17(12-24-26)14-25-9-10-28-22(16-25)21-8-7-19(13-23-21)18-5-4-6-20(11-18)27-2/h4-8,11-13,15,22H,3,9-10,14,16H2,1-2H3/t22-/m1/s1. The number of morpholine rings is 1. The molecule has 0 unspecified atom stereocenters. The van der Waals surface area contributed by atoms with Crippen LogP contribution in [0.2, 0.25) is 0 Å². The highest BCUT2D eigenvalue weighted by Gasteiger charge is 2.23. The Morgan fingerprint density at radius 2 is 2.11 bits per heavy atom. The smallest absolute Gasteiger partial charge is 0.119 e.